The fourth-order valence-electron chi connectivity index (χ4n) is 4.34. The summed E-state index contributed by atoms with van der Waals surface area (Å²) in [5.74, 6) is -0.742. The first-order valence-electron chi connectivity index (χ1n) is 10.2. The number of carboxylic acid groups (broad SMARTS) is 1. The van der Waals surface area contributed by atoms with Gasteiger partial charge >= 0.3 is 5.97 Å². The Morgan fingerprint density at radius 2 is 2.14 bits per heavy atom. The molecular formula is C22H29FO5S. The zero-order valence-corrected chi connectivity index (χ0v) is 17.1. The maximum Gasteiger partial charge on any atom is 0.303 e. The van der Waals surface area contributed by atoms with E-state index in [-0.39, 0.29) is 24.7 Å². The Kier molecular flexibility index (Phi) is 7.98. The number of carbonyl (C=O) groups is 1. The lowest BCUT2D eigenvalue weighted by molar-refractivity contribution is -0.137. The molecule has 29 heavy (non-hydrogen) atoms. The monoisotopic (exact) mass is 424 g/mol. The number of rotatable bonds is 9. The number of carboxylic acids is 1. The van der Waals surface area contributed by atoms with E-state index in [2.05, 4.69) is 0 Å². The number of thioether (sulfide) groups is 1. The highest BCUT2D eigenvalue weighted by atomic mass is 32.2. The van der Waals surface area contributed by atoms with E-state index < -0.39 is 24.0 Å². The fourth-order valence-corrected chi connectivity index (χ4v) is 6.24. The van der Waals surface area contributed by atoms with Crippen molar-refractivity contribution in [2.24, 2.45) is 11.8 Å². The molecule has 3 N–H and O–H groups in total. The largest absolute Gasteiger partial charge is 0.487 e. The molecule has 0 unspecified atom stereocenters. The number of ether oxygens (including phenoxy) is 1. The molecule has 1 aromatic carbocycles. The van der Waals surface area contributed by atoms with E-state index in [0.29, 0.717) is 22.8 Å². The van der Waals surface area contributed by atoms with Gasteiger partial charge in [-0.25, -0.2) is 4.39 Å². The standard InChI is InChI=1S/C22H29FO5S/c23-18-5-1-2-6-20(18)28-13-14(24)8-10-16-17-11-9-15(4-3-7-22(26)27)29-21(17)12-19(16)25/h1-2,5-6,8,10,14-17,19,21,24-25H,3-4,7,9,11-13H2,(H,26,27)/b10-8+/t14-,15+,16-,17-,19-,21+/m1/s1. The van der Waals surface area contributed by atoms with Gasteiger partial charge < -0.3 is 20.1 Å². The van der Waals surface area contributed by atoms with Gasteiger partial charge in [-0.3, -0.25) is 4.79 Å². The summed E-state index contributed by atoms with van der Waals surface area (Å²) in [5, 5.41) is 30.3. The van der Waals surface area contributed by atoms with Crippen LogP contribution in [0.2, 0.25) is 0 Å². The molecule has 0 bridgehead atoms. The van der Waals surface area contributed by atoms with Gasteiger partial charge in [0.15, 0.2) is 11.6 Å². The summed E-state index contributed by atoms with van der Waals surface area (Å²) >= 11 is 1.89. The first-order chi connectivity index (χ1) is 13.9. The number of hydrogen-bond donors (Lipinski definition) is 3. The van der Waals surface area contributed by atoms with Crippen molar-refractivity contribution >= 4 is 17.7 Å². The second kappa shape index (κ2) is 10.5. The third-order valence-corrected chi connectivity index (χ3v) is 7.55. The number of aliphatic carboxylic acids is 1. The third-order valence-electron chi connectivity index (χ3n) is 5.80. The number of fused-ring (bicyclic) bond motifs is 1. The molecular weight excluding hydrogens is 395 g/mol. The molecule has 0 aromatic heterocycles. The van der Waals surface area contributed by atoms with E-state index in [0.717, 1.165) is 25.7 Å². The van der Waals surface area contributed by atoms with Gasteiger partial charge in [-0.1, -0.05) is 24.3 Å². The SMILES string of the molecule is O=C(O)CCC[C@H]1CC[C@@H]2[C@@H](/C=C/[C@@H](O)COc3ccccc3F)[C@H](O)C[C@@H]2S1. The summed E-state index contributed by atoms with van der Waals surface area (Å²) in [6, 6.07) is 6.08. The number of aliphatic hydroxyl groups excluding tert-OH is 2. The van der Waals surface area contributed by atoms with Gasteiger partial charge in [0.2, 0.25) is 0 Å². The molecule has 0 spiro atoms. The van der Waals surface area contributed by atoms with Crippen LogP contribution < -0.4 is 4.74 Å². The van der Waals surface area contributed by atoms with E-state index in [1.807, 2.05) is 17.8 Å². The quantitative estimate of drug-likeness (QED) is 0.525. The van der Waals surface area contributed by atoms with Gasteiger partial charge in [-0.15, -0.1) is 0 Å². The van der Waals surface area contributed by atoms with E-state index >= 15 is 0 Å². The van der Waals surface area contributed by atoms with E-state index in [9.17, 15) is 19.4 Å². The highest BCUT2D eigenvalue weighted by Crippen LogP contribution is 2.49. The summed E-state index contributed by atoms with van der Waals surface area (Å²) in [6.07, 6.45) is 6.79. The lowest BCUT2D eigenvalue weighted by Crippen LogP contribution is -2.27. The van der Waals surface area contributed by atoms with Crippen molar-refractivity contribution in [1.82, 2.24) is 0 Å². The molecule has 1 saturated carbocycles. The van der Waals surface area contributed by atoms with E-state index in [4.69, 9.17) is 9.84 Å². The minimum absolute atomic E-state index is 0.00409. The van der Waals surface area contributed by atoms with Gasteiger partial charge in [-0.05, 0) is 50.2 Å². The maximum atomic E-state index is 13.6. The Bertz CT molecular complexity index is 712. The molecule has 0 radical (unpaired) electrons. The molecule has 1 aliphatic heterocycles. The maximum absolute atomic E-state index is 13.6. The Balaban J connectivity index is 1.47. The van der Waals surface area contributed by atoms with Crippen LogP contribution >= 0.6 is 11.8 Å². The van der Waals surface area contributed by atoms with Crippen molar-refractivity contribution in [2.45, 2.75) is 61.2 Å². The fraction of sp³-hybridized carbons (Fsp3) is 0.591. The van der Waals surface area contributed by atoms with Gasteiger partial charge in [0.1, 0.15) is 12.7 Å². The molecule has 5 nitrogen and oxygen atoms in total. The second-order valence-electron chi connectivity index (χ2n) is 7.90. The van der Waals surface area contributed by atoms with Gasteiger partial charge in [0.25, 0.3) is 0 Å². The summed E-state index contributed by atoms with van der Waals surface area (Å²) < 4.78 is 18.9. The molecule has 1 saturated heterocycles. The second-order valence-corrected chi connectivity index (χ2v) is 9.44. The molecule has 2 aliphatic rings. The summed E-state index contributed by atoms with van der Waals surface area (Å²) in [5.41, 5.74) is 0. The molecule has 1 aromatic rings. The lowest BCUT2D eigenvalue weighted by Gasteiger charge is -2.33. The zero-order chi connectivity index (χ0) is 20.8. The average molecular weight is 425 g/mol. The third kappa shape index (κ3) is 6.20. The minimum Gasteiger partial charge on any atom is -0.487 e. The van der Waals surface area contributed by atoms with Crippen molar-refractivity contribution in [3.63, 3.8) is 0 Å². The molecule has 3 rings (SSSR count). The average Bonchev–Trinajstić information content (AvgIpc) is 2.99. The van der Waals surface area contributed by atoms with Crippen molar-refractivity contribution < 1.29 is 29.2 Å². The molecule has 7 heteroatoms. The van der Waals surface area contributed by atoms with Crippen LogP contribution in [0.5, 0.6) is 5.75 Å². The number of aliphatic hydroxyl groups is 2. The van der Waals surface area contributed by atoms with Crippen molar-refractivity contribution in [1.29, 1.82) is 0 Å². The first-order valence-corrected chi connectivity index (χ1v) is 11.2. The van der Waals surface area contributed by atoms with Crippen LogP contribution in [0.1, 0.15) is 38.5 Å². The normalized spacial score (nSPS) is 30.2. The highest BCUT2D eigenvalue weighted by Gasteiger charge is 2.44. The van der Waals surface area contributed by atoms with Gasteiger partial charge in [0.05, 0.1) is 6.10 Å². The van der Waals surface area contributed by atoms with Gasteiger partial charge in [-0.2, -0.15) is 11.8 Å². The number of halogens is 1. The highest BCUT2D eigenvalue weighted by molar-refractivity contribution is 8.00. The van der Waals surface area contributed by atoms with Crippen molar-refractivity contribution in [3.8, 4) is 5.75 Å². The molecule has 0 amide bonds. The van der Waals surface area contributed by atoms with Crippen LogP contribution in [0.3, 0.4) is 0 Å². The molecule has 1 heterocycles. The van der Waals surface area contributed by atoms with Crippen LogP contribution in [0.15, 0.2) is 36.4 Å². The molecule has 2 fully saturated rings. The van der Waals surface area contributed by atoms with Crippen LogP contribution in [-0.2, 0) is 4.79 Å². The summed E-state index contributed by atoms with van der Waals surface area (Å²) in [4.78, 5) is 10.7. The Labute approximate surface area is 175 Å². The lowest BCUT2D eigenvalue weighted by atomic mass is 9.88. The van der Waals surface area contributed by atoms with Gasteiger partial charge in [0, 0.05) is 22.8 Å². The van der Waals surface area contributed by atoms with E-state index in [1.165, 1.54) is 12.1 Å². The zero-order valence-electron chi connectivity index (χ0n) is 16.3. The minimum atomic E-state index is -0.874. The van der Waals surface area contributed by atoms with Crippen LogP contribution in [0, 0.1) is 17.7 Å². The number of hydrogen-bond acceptors (Lipinski definition) is 5. The summed E-state index contributed by atoms with van der Waals surface area (Å²) in [6.45, 7) is -0.0469. The van der Waals surface area contributed by atoms with E-state index in [1.54, 1.807) is 18.2 Å². The number of benzene rings is 1. The van der Waals surface area contributed by atoms with Crippen molar-refractivity contribution in [3.05, 3.63) is 42.2 Å². The molecule has 1 aliphatic carbocycles. The van der Waals surface area contributed by atoms with Crippen LogP contribution in [0.25, 0.3) is 0 Å². The number of para-hydroxylation sites is 1. The summed E-state index contributed by atoms with van der Waals surface area (Å²) in [7, 11) is 0. The Hall–Kier alpha value is -1.57. The smallest absolute Gasteiger partial charge is 0.303 e. The molecule has 6 atom stereocenters. The predicted molar refractivity (Wildman–Crippen MR) is 111 cm³/mol. The first kappa shape index (κ1) is 22.1. The topological polar surface area (TPSA) is 87.0 Å². The van der Waals surface area contributed by atoms with Crippen LogP contribution in [0.4, 0.5) is 4.39 Å². The predicted octanol–water partition coefficient (Wildman–Crippen LogP) is 3.64. The Morgan fingerprint density at radius 1 is 1.34 bits per heavy atom. The Morgan fingerprint density at radius 3 is 2.90 bits per heavy atom. The van der Waals surface area contributed by atoms with Crippen molar-refractivity contribution in [2.75, 3.05) is 6.61 Å². The van der Waals surface area contributed by atoms with Crippen LogP contribution in [-0.4, -0.2) is 50.6 Å². The molecule has 160 valence electrons.